The molecule has 4 nitrogen and oxygen atoms in total. The van der Waals surface area contributed by atoms with E-state index in [-0.39, 0.29) is 5.78 Å². The lowest BCUT2D eigenvalue weighted by atomic mass is 10.0. The van der Waals surface area contributed by atoms with Gasteiger partial charge in [-0.25, -0.2) is 4.79 Å². The van der Waals surface area contributed by atoms with Gasteiger partial charge in [-0.1, -0.05) is 24.3 Å². The number of carbonyl (C=O) groups is 2. The molecule has 0 saturated heterocycles. The Morgan fingerprint density at radius 2 is 1.85 bits per heavy atom. The van der Waals surface area contributed by atoms with Gasteiger partial charge in [-0.15, -0.1) is 0 Å². The van der Waals surface area contributed by atoms with Crippen LogP contribution in [0.4, 0.5) is 4.79 Å². The SMILES string of the molecule is Cc1ccccc1C(=O)CCCNC(=O)OC(C)(C)C. The number of Topliss-reactive ketones (excluding diaryl/α,β-unsaturated/α-hetero) is 1. The van der Waals surface area contributed by atoms with Crippen LogP contribution in [0, 0.1) is 6.92 Å². The van der Waals surface area contributed by atoms with Crippen LogP contribution >= 0.6 is 0 Å². The molecule has 0 aromatic heterocycles. The van der Waals surface area contributed by atoms with Crippen molar-refractivity contribution in [2.45, 2.75) is 46.1 Å². The Kier molecular flexibility index (Phi) is 5.74. The minimum Gasteiger partial charge on any atom is -0.444 e. The summed E-state index contributed by atoms with van der Waals surface area (Å²) < 4.78 is 5.11. The van der Waals surface area contributed by atoms with Crippen molar-refractivity contribution >= 4 is 11.9 Å². The monoisotopic (exact) mass is 277 g/mol. The van der Waals surface area contributed by atoms with Crippen LogP contribution < -0.4 is 5.32 Å². The summed E-state index contributed by atoms with van der Waals surface area (Å²) >= 11 is 0. The second-order valence-electron chi connectivity index (χ2n) is 5.77. The standard InChI is InChI=1S/C16H23NO3/c1-12-8-5-6-9-13(12)14(18)10-7-11-17-15(19)20-16(2,3)4/h5-6,8-9H,7,10-11H2,1-4H3,(H,17,19). The quantitative estimate of drug-likeness (QED) is 0.662. The molecule has 0 spiro atoms. The smallest absolute Gasteiger partial charge is 0.407 e. The Labute approximate surface area is 120 Å². The molecule has 0 heterocycles. The van der Waals surface area contributed by atoms with E-state index in [2.05, 4.69) is 5.32 Å². The van der Waals surface area contributed by atoms with Crippen LogP contribution in [0.2, 0.25) is 0 Å². The predicted octanol–water partition coefficient (Wildman–Crippen LogP) is 3.48. The number of amides is 1. The first-order valence-corrected chi connectivity index (χ1v) is 6.85. The fourth-order valence-corrected chi connectivity index (χ4v) is 1.77. The first-order chi connectivity index (χ1) is 9.29. The van der Waals surface area contributed by atoms with Crippen molar-refractivity contribution in [2.24, 2.45) is 0 Å². The topological polar surface area (TPSA) is 55.4 Å². The maximum Gasteiger partial charge on any atom is 0.407 e. The molecule has 1 aromatic carbocycles. The minimum absolute atomic E-state index is 0.106. The van der Waals surface area contributed by atoms with Crippen LogP contribution in [-0.4, -0.2) is 24.0 Å². The van der Waals surface area contributed by atoms with Gasteiger partial charge < -0.3 is 10.1 Å². The Hall–Kier alpha value is -1.84. The zero-order chi connectivity index (χ0) is 15.2. The van der Waals surface area contributed by atoms with Crippen LogP contribution in [-0.2, 0) is 4.74 Å². The van der Waals surface area contributed by atoms with Crippen LogP contribution in [0.3, 0.4) is 0 Å². The molecule has 0 aliphatic carbocycles. The van der Waals surface area contributed by atoms with E-state index >= 15 is 0 Å². The lowest BCUT2D eigenvalue weighted by molar-refractivity contribution is 0.0525. The van der Waals surface area contributed by atoms with Crippen LogP contribution in [0.1, 0.15) is 49.5 Å². The third-order valence-corrected chi connectivity index (χ3v) is 2.69. The number of hydrogen-bond donors (Lipinski definition) is 1. The molecule has 20 heavy (non-hydrogen) atoms. The highest BCUT2D eigenvalue weighted by atomic mass is 16.6. The molecule has 0 aliphatic rings. The highest BCUT2D eigenvalue weighted by Crippen LogP contribution is 2.11. The summed E-state index contributed by atoms with van der Waals surface area (Å²) in [5.41, 5.74) is 1.24. The van der Waals surface area contributed by atoms with Gasteiger partial charge in [-0.3, -0.25) is 4.79 Å². The maximum absolute atomic E-state index is 12.0. The fourth-order valence-electron chi connectivity index (χ4n) is 1.77. The number of benzene rings is 1. The second kappa shape index (κ2) is 7.08. The summed E-state index contributed by atoms with van der Waals surface area (Å²) in [5, 5.41) is 2.65. The molecule has 1 N–H and O–H groups in total. The van der Waals surface area contributed by atoms with Gasteiger partial charge in [-0.05, 0) is 39.7 Å². The van der Waals surface area contributed by atoms with Gasteiger partial charge >= 0.3 is 6.09 Å². The van der Waals surface area contributed by atoms with Gasteiger partial charge in [0.1, 0.15) is 5.60 Å². The van der Waals surface area contributed by atoms with E-state index in [0.717, 1.165) is 11.1 Å². The van der Waals surface area contributed by atoms with Gasteiger partial charge in [0.05, 0.1) is 0 Å². The van der Waals surface area contributed by atoms with E-state index < -0.39 is 11.7 Å². The molecule has 1 amide bonds. The fraction of sp³-hybridized carbons (Fsp3) is 0.500. The third kappa shape index (κ3) is 5.87. The predicted molar refractivity (Wildman–Crippen MR) is 79.0 cm³/mol. The zero-order valence-electron chi connectivity index (χ0n) is 12.7. The average molecular weight is 277 g/mol. The number of ether oxygens (including phenoxy) is 1. The second-order valence-corrected chi connectivity index (χ2v) is 5.77. The summed E-state index contributed by atoms with van der Waals surface area (Å²) in [7, 11) is 0. The third-order valence-electron chi connectivity index (χ3n) is 2.69. The first-order valence-electron chi connectivity index (χ1n) is 6.85. The van der Waals surface area contributed by atoms with Crippen molar-refractivity contribution in [3.63, 3.8) is 0 Å². The molecular weight excluding hydrogens is 254 g/mol. The molecule has 0 atom stereocenters. The van der Waals surface area contributed by atoms with Crippen LogP contribution in [0.5, 0.6) is 0 Å². The number of aryl methyl sites for hydroxylation is 1. The molecule has 0 fully saturated rings. The number of nitrogens with one attached hydrogen (secondary N) is 1. The molecule has 1 aromatic rings. The maximum atomic E-state index is 12.0. The summed E-state index contributed by atoms with van der Waals surface area (Å²) in [5.74, 6) is 0.106. The van der Waals surface area contributed by atoms with E-state index in [1.807, 2.05) is 52.0 Å². The molecule has 110 valence electrons. The van der Waals surface area contributed by atoms with Crippen molar-refractivity contribution in [3.8, 4) is 0 Å². The Balaban J connectivity index is 2.30. The lowest BCUT2D eigenvalue weighted by Gasteiger charge is -2.19. The van der Waals surface area contributed by atoms with Crippen LogP contribution in [0.15, 0.2) is 24.3 Å². The molecule has 4 heteroatoms. The van der Waals surface area contributed by atoms with Crippen molar-refractivity contribution in [1.29, 1.82) is 0 Å². The lowest BCUT2D eigenvalue weighted by Crippen LogP contribution is -2.33. The normalized spacial score (nSPS) is 11.0. The Bertz CT molecular complexity index is 475. The van der Waals surface area contributed by atoms with Gasteiger partial charge in [0, 0.05) is 18.5 Å². The molecular formula is C16H23NO3. The number of ketones is 1. The zero-order valence-corrected chi connectivity index (χ0v) is 12.7. The molecule has 0 bridgehead atoms. The van der Waals surface area contributed by atoms with Gasteiger partial charge in [0.15, 0.2) is 5.78 Å². The van der Waals surface area contributed by atoms with Crippen LogP contribution in [0.25, 0.3) is 0 Å². The van der Waals surface area contributed by atoms with Crippen molar-refractivity contribution in [3.05, 3.63) is 35.4 Å². The highest BCUT2D eigenvalue weighted by molar-refractivity contribution is 5.97. The van der Waals surface area contributed by atoms with Crippen molar-refractivity contribution in [2.75, 3.05) is 6.54 Å². The average Bonchev–Trinajstić information content (AvgIpc) is 2.33. The molecule has 0 radical (unpaired) electrons. The molecule has 0 aliphatic heterocycles. The summed E-state index contributed by atoms with van der Waals surface area (Å²) in [6.07, 6.45) is 0.577. The number of hydrogen-bond acceptors (Lipinski definition) is 3. The summed E-state index contributed by atoms with van der Waals surface area (Å²) in [6, 6.07) is 7.53. The molecule has 0 unspecified atom stereocenters. The summed E-state index contributed by atoms with van der Waals surface area (Å²) in [6.45, 7) is 7.80. The number of alkyl carbamates (subject to hydrolysis) is 1. The van der Waals surface area contributed by atoms with E-state index in [1.54, 1.807) is 0 Å². The Morgan fingerprint density at radius 1 is 1.20 bits per heavy atom. The number of carbonyl (C=O) groups excluding carboxylic acids is 2. The molecule has 1 rings (SSSR count). The van der Waals surface area contributed by atoms with Gasteiger partial charge in [0.25, 0.3) is 0 Å². The van der Waals surface area contributed by atoms with E-state index in [4.69, 9.17) is 4.74 Å². The minimum atomic E-state index is -0.499. The van der Waals surface area contributed by atoms with Crippen molar-refractivity contribution in [1.82, 2.24) is 5.32 Å². The van der Waals surface area contributed by atoms with Gasteiger partial charge in [0.2, 0.25) is 0 Å². The number of rotatable bonds is 5. The Morgan fingerprint density at radius 3 is 2.45 bits per heavy atom. The van der Waals surface area contributed by atoms with Crippen molar-refractivity contribution < 1.29 is 14.3 Å². The largest absolute Gasteiger partial charge is 0.444 e. The van der Waals surface area contributed by atoms with E-state index in [1.165, 1.54) is 0 Å². The highest BCUT2D eigenvalue weighted by Gasteiger charge is 2.15. The first kappa shape index (κ1) is 16.2. The summed E-state index contributed by atoms with van der Waals surface area (Å²) in [4.78, 5) is 23.4. The molecule has 0 saturated carbocycles. The van der Waals surface area contributed by atoms with Gasteiger partial charge in [-0.2, -0.15) is 0 Å². The van der Waals surface area contributed by atoms with E-state index in [0.29, 0.717) is 19.4 Å². The van der Waals surface area contributed by atoms with E-state index in [9.17, 15) is 9.59 Å².